The van der Waals surface area contributed by atoms with Crippen LogP contribution in [-0.2, 0) is 37.5 Å². The predicted molar refractivity (Wildman–Crippen MR) is 281 cm³/mol. The van der Waals surface area contributed by atoms with Gasteiger partial charge in [0, 0.05) is 36.8 Å². The zero-order valence-corrected chi connectivity index (χ0v) is 46.1. The van der Waals surface area contributed by atoms with Gasteiger partial charge in [-0.2, -0.15) is 16.8 Å². The van der Waals surface area contributed by atoms with Crippen LogP contribution in [0.5, 0.6) is 0 Å². The number of carbonyl (C=O) groups excluding carboxylic acids is 4. The van der Waals surface area contributed by atoms with Crippen molar-refractivity contribution in [3.8, 4) is 0 Å². The van der Waals surface area contributed by atoms with Crippen LogP contribution in [0.3, 0.4) is 0 Å². The molecule has 0 spiro atoms. The van der Waals surface area contributed by atoms with E-state index in [-0.39, 0.29) is 55.8 Å². The second kappa shape index (κ2) is 38.8. The molecule has 2 aliphatic rings. The molecule has 0 aromatic heterocycles. The number of unbranched alkanes of at least 4 members (excludes halogenated alkanes) is 25. The number of hydrogen-bond donors (Lipinski definition) is 3. The molecule has 0 aromatic carbocycles. The second-order valence-electron chi connectivity index (χ2n) is 19.8. The number of nitrogens with one attached hydrogen (secondary N) is 1. The van der Waals surface area contributed by atoms with Crippen LogP contribution in [0.1, 0.15) is 240 Å². The lowest BCUT2D eigenvalue weighted by Crippen LogP contribution is -2.65. The summed E-state index contributed by atoms with van der Waals surface area (Å²) in [5.74, 6) is -0.787. The number of thioether (sulfide) groups is 1. The van der Waals surface area contributed by atoms with Gasteiger partial charge in [0.05, 0.1) is 38.9 Å². The number of phosphoric ester groups is 1. The van der Waals surface area contributed by atoms with Gasteiger partial charge in [-0.1, -0.05) is 174 Å². The number of nitrogens with zero attached hydrogens (tertiary/aromatic N) is 2. The van der Waals surface area contributed by atoms with E-state index < -0.39 is 44.4 Å². The molecule has 2 heterocycles. The Morgan fingerprint density at radius 1 is 0.667 bits per heavy atom. The number of ketones is 1. The fraction of sp³-hybridized carbons (Fsp3) is 0.925. The first-order valence-corrected chi connectivity index (χ1v) is 30.8. The average Bonchev–Trinajstić information content (AvgIpc) is 3.89. The molecule has 2 rings (SSSR count). The number of urea groups is 1. The van der Waals surface area contributed by atoms with Crippen LogP contribution < -0.4 is 11.1 Å². The van der Waals surface area contributed by atoms with Crippen molar-refractivity contribution < 1.29 is 51.7 Å². The molecular formula is C53H102N4O10PS+. The summed E-state index contributed by atoms with van der Waals surface area (Å²) >= 11 is 1.86. The topological polar surface area (TPSA) is 184 Å². The quantitative estimate of drug-likeness (QED) is 0.0173. The number of amides is 2. The van der Waals surface area contributed by atoms with E-state index in [0.29, 0.717) is 30.3 Å². The molecule has 404 valence electrons. The highest BCUT2D eigenvalue weighted by atomic mass is 32.2. The largest absolute Gasteiger partial charge is 0.472 e. The van der Waals surface area contributed by atoms with Gasteiger partial charge in [-0.3, -0.25) is 23.4 Å². The van der Waals surface area contributed by atoms with Gasteiger partial charge < -0.3 is 25.4 Å². The van der Waals surface area contributed by atoms with Gasteiger partial charge >= 0.3 is 25.8 Å². The normalized spacial score (nSPS) is 18.7. The van der Waals surface area contributed by atoms with Crippen molar-refractivity contribution in [3.05, 3.63) is 0 Å². The lowest BCUT2D eigenvalue weighted by Gasteiger charge is -2.44. The van der Waals surface area contributed by atoms with Gasteiger partial charge in [0.15, 0.2) is 18.0 Å². The molecule has 0 saturated carbocycles. The van der Waals surface area contributed by atoms with Crippen LogP contribution in [0.2, 0.25) is 0 Å². The number of quaternary nitrogens is 1. The maximum atomic E-state index is 14.2. The van der Waals surface area contributed by atoms with E-state index in [2.05, 4.69) is 44.9 Å². The Balaban J connectivity index is 2.07. The molecule has 2 fully saturated rings. The summed E-state index contributed by atoms with van der Waals surface area (Å²) in [5, 5.41) is 5.48. The minimum absolute atomic E-state index is 0.0164. The van der Waals surface area contributed by atoms with Crippen molar-refractivity contribution in [2.45, 2.75) is 270 Å². The van der Waals surface area contributed by atoms with Gasteiger partial charge in [0.2, 0.25) is 0 Å². The van der Waals surface area contributed by atoms with Crippen LogP contribution in [0.25, 0.3) is 0 Å². The SMILES string of the molecule is CCCCCCCCCCCCCCCC(=O)OC(C(=O)CCCC[C@@H]1SC[C@@H]2NC(=O)N([N+](CC)(CC)CC)[C@@H]21)[C@H](COP(=O)(O)OCCN)OC(=O)CCCCCCCCCCCCCCC. The highest BCUT2D eigenvalue weighted by Crippen LogP contribution is 2.43. The van der Waals surface area contributed by atoms with Gasteiger partial charge in [0.1, 0.15) is 6.04 Å². The number of nitrogens with two attached hydrogens (primary N) is 1. The molecule has 69 heavy (non-hydrogen) atoms. The van der Waals surface area contributed by atoms with Gasteiger partial charge in [0.25, 0.3) is 0 Å². The monoisotopic (exact) mass is 1020 g/mol. The van der Waals surface area contributed by atoms with Crippen molar-refractivity contribution in [2.75, 3.05) is 45.1 Å². The third kappa shape index (κ3) is 26.2. The van der Waals surface area contributed by atoms with E-state index in [1.165, 1.54) is 116 Å². The summed E-state index contributed by atoms with van der Waals surface area (Å²) in [4.78, 5) is 64.8. The molecule has 14 nitrogen and oxygen atoms in total. The van der Waals surface area contributed by atoms with Crippen molar-refractivity contribution in [1.82, 2.24) is 10.3 Å². The number of ether oxygens (including phenoxy) is 2. The smallest absolute Gasteiger partial charge is 0.455 e. The Morgan fingerprint density at radius 2 is 1.10 bits per heavy atom. The first-order chi connectivity index (χ1) is 33.4. The lowest BCUT2D eigenvalue weighted by atomic mass is 9.99. The van der Waals surface area contributed by atoms with Crippen LogP contribution in [0.4, 0.5) is 4.79 Å². The first-order valence-electron chi connectivity index (χ1n) is 28.2. The van der Waals surface area contributed by atoms with E-state index in [1.807, 2.05) is 11.8 Å². The summed E-state index contributed by atoms with van der Waals surface area (Å²) in [5.41, 5.74) is 5.50. The van der Waals surface area contributed by atoms with Crippen molar-refractivity contribution >= 4 is 43.3 Å². The number of esters is 2. The Bertz CT molecular complexity index is 1420. The van der Waals surface area contributed by atoms with E-state index in [4.69, 9.17) is 24.3 Å². The molecular weight excluding hydrogens is 916 g/mol. The fourth-order valence-corrected chi connectivity index (χ4v) is 12.4. The predicted octanol–water partition coefficient (Wildman–Crippen LogP) is 12.7. The second-order valence-corrected chi connectivity index (χ2v) is 22.6. The molecule has 2 unspecified atom stereocenters. The zero-order valence-electron chi connectivity index (χ0n) is 44.4. The molecule has 4 N–H and O–H groups in total. The Kier molecular flexibility index (Phi) is 35.7. The third-order valence-corrected chi connectivity index (χ3v) is 16.9. The molecule has 2 amide bonds. The number of phosphoric acid groups is 1. The number of Topliss-reactive ketones (excluding diaryl/α,β-unsaturated/α-hetero) is 1. The fourth-order valence-electron chi connectivity index (χ4n) is 10.1. The van der Waals surface area contributed by atoms with E-state index >= 15 is 0 Å². The zero-order chi connectivity index (χ0) is 50.6. The minimum Gasteiger partial charge on any atom is -0.455 e. The van der Waals surface area contributed by atoms with Crippen LogP contribution in [0.15, 0.2) is 0 Å². The van der Waals surface area contributed by atoms with Crippen LogP contribution in [-0.4, -0.2) is 113 Å². The standard InChI is InChI=1S/C53H101N4O10PS/c1-6-11-13-15-17-19-21-23-25-27-29-31-33-39-49(59)66-47(43-65-68(62,63)64-42-41-54)52(67-50(60)40-34-32-30-28-26-24-22-20-18-16-14-12-7-2)46(58)37-35-36-38-48-51-45(44-69-48)55-53(61)56(51)57(8-3,9-4)10-5/h45,47-48,51-52H,6-44,54H2,1-5H3,(H-,55,61,62,63)/p+1/t45-,47-,48-,51-,52?/m0/s1. The number of hydrogen-bond acceptors (Lipinski definition) is 11. The van der Waals surface area contributed by atoms with E-state index in [0.717, 1.165) is 70.3 Å². The van der Waals surface area contributed by atoms with Crippen molar-refractivity contribution in [2.24, 2.45) is 5.73 Å². The maximum absolute atomic E-state index is 14.2. The van der Waals surface area contributed by atoms with Gasteiger partial charge in [-0.05, 0) is 46.5 Å². The van der Waals surface area contributed by atoms with Crippen LogP contribution in [0, 0.1) is 0 Å². The van der Waals surface area contributed by atoms with Gasteiger partial charge in [-0.15, -0.1) is 0 Å². The Labute approximate surface area is 424 Å². The third-order valence-electron chi connectivity index (χ3n) is 14.4. The molecule has 0 radical (unpaired) electrons. The number of rotatable bonds is 47. The molecule has 0 aliphatic carbocycles. The van der Waals surface area contributed by atoms with E-state index in [9.17, 15) is 28.6 Å². The first kappa shape index (κ1) is 63.4. The van der Waals surface area contributed by atoms with E-state index in [1.54, 1.807) is 0 Å². The minimum atomic E-state index is -4.64. The van der Waals surface area contributed by atoms with Crippen molar-refractivity contribution in [3.63, 3.8) is 0 Å². The van der Waals surface area contributed by atoms with Gasteiger partial charge in [-0.25, -0.2) is 14.0 Å². The summed E-state index contributed by atoms with van der Waals surface area (Å²) in [6.07, 6.45) is 29.4. The molecule has 0 bridgehead atoms. The molecule has 0 aromatic rings. The maximum Gasteiger partial charge on any atom is 0.472 e. The highest BCUT2D eigenvalue weighted by Gasteiger charge is 2.55. The highest BCUT2D eigenvalue weighted by molar-refractivity contribution is 8.00. The molecule has 2 aliphatic heterocycles. The Morgan fingerprint density at radius 3 is 1.55 bits per heavy atom. The summed E-state index contributed by atoms with van der Waals surface area (Å²) in [6, 6.07) is 0.0991. The summed E-state index contributed by atoms with van der Waals surface area (Å²) in [7, 11) is -4.64. The number of fused-ring (bicyclic) bond motifs is 1. The number of carbonyl (C=O) groups is 4. The van der Waals surface area contributed by atoms with Crippen molar-refractivity contribution in [1.29, 1.82) is 0 Å². The average molecular weight is 1020 g/mol. The molecule has 6 atom stereocenters. The lowest BCUT2D eigenvalue weighted by molar-refractivity contribution is -1.02. The summed E-state index contributed by atoms with van der Waals surface area (Å²) < 4.78 is 35.4. The summed E-state index contributed by atoms with van der Waals surface area (Å²) in [6.45, 7) is 12.3. The van der Waals surface area contributed by atoms with Crippen LogP contribution >= 0.6 is 19.6 Å². The molecule has 2 saturated heterocycles. The molecule has 16 heteroatoms. The Hall–Kier alpha value is -1.74.